The van der Waals surface area contributed by atoms with Crippen LogP contribution in [-0.4, -0.2) is 27.4 Å². The van der Waals surface area contributed by atoms with Crippen molar-refractivity contribution < 1.29 is 9.18 Å². The molecule has 0 N–H and O–H groups in total. The van der Waals surface area contributed by atoms with E-state index in [1.807, 2.05) is 24.3 Å². The van der Waals surface area contributed by atoms with E-state index >= 15 is 0 Å². The van der Waals surface area contributed by atoms with E-state index in [9.17, 15) is 9.18 Å². The van der Waals surface area contributed by atoms with Crippen molar-refractivity contribution in [2.45, 2.75) is 31.6 Å². The van der Waals surface area contributed by atoms with E-state index in [1.165, 1.54) is 23.9 Å². The Morgan fingerprint density at radius 3 is 2.63 bits per heavy atom. The Morgan fingerprint density at radius 2 is 1.83 bits per heavy atom. The van der Waals surface area contributed by atoms with Crippen LogP contribution in [0.1, 0.15) is 30.9 Å². The maximum absolute atomic E-state index is 13.2. The zero-order valence-corrected chi connectivity index (χ0v) is 17.5. The summed E-state index contributed by atoms with van der Waals surface area (Å²) in [6, 6.07) is 20.3. The van der Waals surface area contributed by atoms with Gasteiger partial charge in [0.05, 0.1) is 18.0 Å². The molecule has 3 aromatic rings. The summed E-state index contributed by atoms with van der Waals surface area (Å²) in [5.41, 5.74) is 1.83. The van der Waals surface area contributed by atoms with Gasteiger partial charge in [-0.05, 0) is 34.9 Å². The second kappa shape index (κ2) is 9.22. The fourth-order valence-corrected chi connectivity index (χ4v) is 4.67. The first-order chi connectivity index (χ1) is 14.7. The third kappa shape index (κ3) is 4.44. The Bertz CT molecular complexity index is 1110. The third-order valence-electron chi connectivity index (χ3n) is 4.99. The van der Waals surface area contributed by atoms with Gasteiger partial charge in [-0.15, -0.1) is 5.10 Å². The lowest BCUT2D eigenvalue weighted by molar-refractivity contribution is -0.126. The molecule has 0 aromatic heterocycles. The van der Waals surface area contributed by atoms with Crippen LogP contribution in [0.15, 0.2) is 76.9 Å². The second-order valence-corrected chi connectivity index (χ2v) is 8.31. The Hall–Kier alpha value is -2.99. The molecule has 4 rings (SSSR count). The number of nitrogens with zero attached hydrogens (tertiary/aromatic N) is 3. The molecular formula is C24H22FN3OS. The van der Waals surface area contributed by atoms with Crippen LogP contribution in [0.5, 0.6) is 0 Å². The molecule has 1 saturated heterocycles. The second-order valence-electron chi connectivity index (χ2n) is 7.14. The van der Waals surface area contributed by atoms with Gasteiger partial charge in [0.2, 0.25) is 5.91 Å². The monoisotopic (exact) mass is 419 g/mol. The van der Waals surface area contributed by atoms with Gasteiger partial charge in [0.25, 0.3) is 0 Å². The first-order valence-electron chi connectivity index (χ1n) is 9.97. The van der Waals surface area contributed by atoms with Crippen LogP contribution >= 0.6 is 11.8 Å². The predicted molar refractivity (Wildman–Crippen MR) is 122 cm³/mol. The molecule has 152 valence electrons. The number of halogens is 1. The summed E-state index contributed by atoms with van der Waals surface area (Å²) >= 11 is 1.45. The number of carbonyl (C=O) groups excluding carboxylic acids is 1. The van der Waals surface area contributed by atoms with Gasteiger partial charge in [-0.1, -0.05) is 79.7 Å². The number of hydrogen-bond donors (Lipinski definition) is 0. The van der Waals surface area contributed by atoms with E-state index in [4.69, 9.17) is 0 Å². The first kappa shape index (κ1) is 20.3. The fourth-order valence-electron chi connectivity index (χ4n) is 3.45. The fraction of sp³-hybridized carbons (Fsp3) is 0.208. The molecule has 0 aliphatic carbocycles. The van der Waals surface area contributed by atoms with Crippen LogP contribution in [0.25, 0.3) is 10.8 Å². The smallest absolute Gasteiger partial charge is 0.242 e. The van der Waals surface area contributed by atoms with Gasteiger partial charge in [0.15, 0.2) is 5.17 Å². The summed E-state index contributed by atoms with van der Waals surface area (Å²) in [4.78, 5) is 14.5. The lowest BCUT2D eigenvalue weighted by atomic mass is 10.1. The largest absolute Gasteiger partial charge is 0.284 e. The van der Waals surface area contributed by atoms with Crippen molar-refractivity contribution in [1.82, 2.24) is 4.90 Å². The van der Waals surface area contributed by atoms with E-state index in [1.54, 1.807) is 23.2 Å². The topological polar surface area (TPSA) is 45.0 Å². The minimum atomic E-state index is -0.293. The molecule has 1 heterocycles. The van der Waals surface area contributed by atoms with Gasteiger partial charge < -0.3 is 0 Å². The molecule has 0 bridgehead atoms. The van der Waals surface area contributed by atoms with Gasteiger partial charge in [-0.2, -0.15) is 5.10 Å². The average Bonchev–Trinajstić information content (AvgIpc) is 3.05. The molecule has 30 heavy (non-hydrogen) atoms. The van der Waals surface area contributed by atoms with E-state index in [0.717, 1.165) is 34.7 Å². The Kier molecular flexibility index (Phi) is 6.23. The van der Waals surface area contributed by atoms with E-state index in [0.29, 0.717) is 11.7 Å². The Morgan fingerprint density at radius 1 is 1.07 bits per heavy atom. The zero-order chi connectivity index (χ0) is 20.9. The highest BCUT2D eigenvalue weighted by atomic mass is 32.2. The van der Waals surface area contributed by atoms with E-state index in [2.05, 4.69) is 35.3 Å². The number of rotatable bonds is 6. The molecule has 0 saturated carbocycles. The van der Waals surface area contributed by atoms with E-state index in [-0.39, 0.29) is 17.0 Å². The van der Waals surface area contributed by atoms with Gasteiger partial charge in [-0.3, -0.25) is 9.69 Å². The summed E-state index contributed by atoms with van der Waals surface area (Å²) in [6.07, 6.45) is 3.43. The van der Waals surface area contributed by atoms with Gasteiger partial charge in [0, 0.05) is 5.56 Å². The predicted octanol–water partition coefficient (Wildman–Crippen LogP) is 5.61. The number of amides is 1. The van der Waals surface area contributed by atoms with E-state index < -0.39 is 0 Å². The standard InChI is InChI=1S/C24H22FN3OS/c1-2-6-22-23(29)28(16-17-11-13-20(25)14-12-17)24(30-22)27-26-15-19-9-5-8-18-7-3-4-10-21(18)19/h3-5,7-15,22H,2,6,16H2,1H3/b26-15+,27-24-. The highest BCUT2D eigenvalue weighted by molar-refractivity contribution is 8.15. The van der Waals surface area contributed by atoms with Crippen molar-refractivity contribution in [2.75, 3.05) is 0 Å². The van der Waals surface area contributed by atoms with Gasteiger partial charge >= 0.3 is 0 Å². The van der Waals surface area contributed by atoms with Crippen LogP contribution in [-0.2, 0) is 11.3 Å². The number of thioether (sulfide) groups is 1. The molecular weight excluding hydrogens is 397 g/mol. The maximum Gasteiger partial charge on any atom is 0.242 e. The number of hydrogen-bond acceptors (Lipinski definition) is 4. The van der Waals surface area contributed by atoms with Crippen molar-refractivity contribution in [2.24, 2.45) is 10.2 Å². The summed E-state index contributed by atoms with van der Waals surface area (Å²) in [5.74, 6) is -0.261. The van der Waals surface area contributed by atoms with Crippen molar-refractivity contribution in [1.29, 1.82) is 0 Å². The molecule has 3 aromatic carbocycles. The Balaban J connectivity index is 1.60. The Labute approximate surface area is 179 Å². The van der Waals surface area contributed by atoms with Crippen molar-refractivity contribution >= 4 is 39.8 Å². The third-order valence-corrected chi connectivity index (χ3v) is 6.22. The molecule has 1 atom stereocenters. The quantitative estimate of drug-likeness (QED) is 0.385. The first-order valence-corrected chi connectivity index (χ1v) is 10.8. The molecule has 1 aliphatic rings. The number of amidine groups is 1. The summed E-state index contributed by atoms with van der Waals surface area (Å²) in [6.45, 7) is 2.42. The minimum Gasteiger partial charge on any atom is -0.284 e. The molecule has 1 unspecified atom stereocenters. The van der Waals surface area contributed by atoms with Crippen LogP contribution in [0.3, 0.4) is 0 Å². The lowest BCUT2D eigenvalue weighted by Crippen LogP contribution is -2.31. The summed E-state index contributed by atoms with van der Waals surface area (Å²) in [5, 5.41) is 11.4. The van der Waals surface area contributed by atoms with Crippen molar-refractivity contribution in [3.63, 3.8) is 0 Å². The lowest BCUT2D eigenvalue weighted by Gasteiger charge is -2.15. The molecule has 6 heteroatoms. The molecule has 1 amide bonds. The van der Waals surface area contributed by atoms with Gasteiger partial charge in [-0.25, -0.2) is 4.39 Å². The molecule has 4 nitrogen and oxygen atoms in total. The van der Waals surface area contributed by atoms with Crippen molar-refractivity contribution in [3.05, 3.63) is 83.7 Å². The molecule has 1 fully saturated rings. The molecule has 0 radical (unpaired) electrons. The number of carbonyl (C=O) groups is 1. The molecule has 1 aliphatic heterocycles. The van der Waals surface area contributed by atoms with Crippen LogP contribution < -0.4 is 0 Å². The van der Waals surface area contributed by atoms with Crippen LogP contribution in [0, 0.1) is 5.82 Å². The van der Waals surface area contributed by atoms with Crippen molar-refractivity contribution in [3.8, 4) is 0 Å². The average molecular weight is 420 g/mol. The maximum atomic E-state index is 13.2. The summed E-state index contributed by atoms with van der Waals surface area (Å²) < 4.78 is 13.2. The number of fused-ring (bicyclic) bond motifs is 1. The van der Waals surface area contributed by atoms with Gasteiger partial charge in [0.1, 0.15) is 5.82 Å². The highest BCUT2D eigenvalue weighted by Gasteiger charge is 2.37. The summed E-state index contributed by atoms with van der Waals surface area (Å²) in [7, 11) is 0. The zero-order valence-electron chi connectivity index (χ0n) is 16.7. The van der Waals surface area contributed by atoms with Crippen LogP contribution in [0.4, 0.5) is 4.39 Å². The highest BCUT2D eigenvalue weighted by Crippen LogP contribution is 2.31. The minimum absolute atomic E-state index is 0.0327. The molecule has 0 spiro atoms. The SMILES string of the molecule is CCCC1S/C(=N\N=C\c2cccc3ccccc23)N(Cc2ccc(F)cc2)C1=O. The number of benzene rings is 3. The van der Waals surface area contributed by atoms with Crippen LogP contribution in [0.2, 0.25) is 0 Å². The normalized spacial score (nSPS) is 18.2.